The van der Waals surface area contributed by atoms with E-state index in [0.29, 0.717) is 20.4 Å². The van der Waals surface area contributed by atoms with E-state index in [4.69, 9.17) is 9.47 Å². The number of benzene rings is 2. The van der Waals surface area contributed by atoms with Gasteiger partial charge in [-0.2, -0.15) is 0 Å². The molecule has 2 rings (SSSR count). The molecule has 104 valence electrons. The number of esters is 2. The smallest absolute Gasteiger partial charge is 0.308 e. The van der Waals surface area contributed by atoms with Crippen molar-refractivity contribution in [1.82, 2.24) is 0 Å². The predicted octanol–water partition coefficient (Wildman–Crippen LogP) is 4.22. The van der Waals surface area contributed by atoms with E-state index in [1.807, 2.05) is 0 Å². The number of hydrogen-bond acceptors (Lipinski definition) is 4. The first-order valence-corrected chi connectivity index (χ1v) is 7.26. The third kappa shape index (κ3) is 3.02. The average molecular weight is 402 g/mol. The molecule has 0 aliphatic carbocycles. The third-order valence-corrected chi connectivity index (χ3v) is 4.14. The molecule has 0 aliphatic heterocycles. The molecule has 0 amide bonds. The van der Waals surface area contributed by atoms with Crippen molar-refractivity contribution in [3.63, 3.8) is 0 Å². The van der Waals surface area contributed by atoms with Crippen molar-refractivity contribution in [1.29, 1.82) is 0 Å². The van der Waals surface area contributed by atoms with Crippen molar-refractivity contribution in [2.75, 3.05) is 0 Å². The van der Waals surface area contributed by atoms with Gasteiger partial charge in [0.1, 0.15) is 11.5 Å². The quantitative estimate of drug-likeness (QED) is 0.558. The summed E-state index contributed by atoms with van der Waals surface area (Å²) in [5.74, 6) is 0.107. The number of carbonyl (C=O) groups is 2. The van der Waals surface area contributed by atoms with Gasteiger partial charge in [-0.15, -0.1) is 0 Å². The number of halogens is 2. The van der Waals surface area contributed by atoms with Gasteiger partial charge >= 0.3 is 11.9 Å². The van der Waals surface area contributed by atoms with E-state index in [1.165, 1.54) is 13.8 Å². The van der Waals surface area contributed by atoms with Gasteiger partial charge in [-0.1, -0.05) is 0 Å². The molecule has 0 bridgehead atoms. The molecule has 0 radical (unpaired) electrons. The van der Waals surface area contributed by atoms with Gasteiger partial charge in [0.15, 0.2) is 0 Å². The zero-order valence-corrected chi connectivity index (χ0v) is 13.9. The summed E-state index contributed by atoms with van der Waals surface area (Å²) >= 11 is 6.83. The second kappa shape index (κ2) is 5.93. The minimum atomic E-state index is -0.388. The lowest BCUT2D eigenvalue weighted by Crippen LogP contribution is -2.03. The van der Waals surface area contributed by atoms with Gasteiger partial charge in [-0.3, -0.25) is 9.59 Å². The van der Waals surface area contributed by atoms with Gasteiger partial charge in [0.05, 0.1) is 8.95 Å². The molecule has 0 aliphatic rings. The SMILES string of the molecule is CC(=O)Oc1ccc2c(Br)c(OC(C)=O)ccc2c1Br. The monoisotopic (exact) mass is 400 g/mol. The highest BCUT2D eigenvalue weighted by Crippen LogP contribution is 2.40. The van der Waals surface area contributed by atoms with E-state index < -0.39 is 0 Å². The molecule has 0 unspecified atom stereocenters. The zero-order valence-electron chi connectivity index (χ0n) is 10.7. The molecule has 0 spiro atoms. The first-order valence-electron chi connectivity index (χ1n) is 5.67. The van der Waals surface area contributed by atoms with Gasteiger partial charge in [0, 0.05) is 24.6 Å². The number of carbonyl (C=O) groups excluding carboxylic acids is 2. The highest BCUT2D eigenvalue weighted by Gasteiger charge is 2.13. The van der Waals surface area contributed by atoms with Crippen LogP contribution in [0.3, 0.4) is 0 Å². The molecular formula is C14H10Br2O4. The van der Waals surface area contributed by atoms with Crippen LogP contribution in [0.4, 0.5) is 0 Å². The van der Waals surface area contributed by atoms with E-state index in [2.05, 4.69) is 31.9 Å². The van der Waals surface area contributed by atoms with Crippen molar-refractivity contribution in [3.8, 4) is 11.5 Å². The molecule has 2 aromatic carbocycles. The van der Waals surface area contributed by atoms with Crippen LogP contribution in [0.15, 0.2) is 33.2 Å². The number of hydrogen-bond donors (Lipinski definition) is 0. The normalized spacial score (nSPS) is 10.4. The summed E-state index contributed by atoms with van der Waals surface area (Å²) in [4.78, 5) is 22.1. The lowest BCUT2D eigenvalue weighted by molar-refractivity contribution is -0.132. The largest absolute Gasteiger partial charge is 0.425 e. The second-order valence-electron chi connectivity index (χ2n) is 4.04. The fourth-order valence-electron chi connectivity index (χ4n) is 1.76. The Hall–Kier alpha value is -1.40. The van der Waals surface area contributed by atoms with Crippen molar-refractivity contribution >= 4 is 54.6 Å². The standard InChI is InChI=1S/C14H10Br2O4/c1-7(17)19-11-5-3-10-9(13(11)15)4-6-12(14(10)16)20-8(2)18/h3-6H,1-2H3. The van der Waals surface area contributed by atoms with Crippen LogP contribution in [0.2, 0.25) is 0 Å². The van der Waals surface area contributed by atoms with Gasteiger partial charge in [0.2, 0.25) is 0 Å². The summed E-state index contributed by atoms with van der Waals surface area (Å²) in [6, 6.07) is 6.93. The molecule has 0 fully saturated rings. The van der Waals surface area contributed by atoms with E-state index in [1.54, 1.807) is 24.3 Å². The van der Waals surface area contributed by atoms with Crippen LogP contribution in [0.5, 0.6) is 11.5 Å². The number of rotatable bonds is 2. The van der Waals surface area contributed by atoms with E-state index in [9.17, 15) is 9.59 Å². The maximum atomic E-state index is 11.0. The van der Waals surface area contributed by atoms with Crippen LogP contribution < -0.4 is 9.47 Å². The summed E-state index contributed by atoms with van der Waals surface area (Å²) in [7, 11) is 0. The molecule has 0 aromatic heterocycles. The van der Waals surface area contributed by atoms with Crippen LogP contribution in [0, 0.1) is 0 Å². The molecule has 6 heteroatoms. The summed E-state index contributed by atoms with van der Waals surface area (Å²) < 4.78 is 11.5. The molecule has 4 nitrogen and oxygen atoms in total. The Bertz CT molecular complexity index is 649. The average Bonchev–Trinajstić information content (AvgIpc) is 2.35. The van der Waals surface area contributed by atoms with Crippen molar-refractivity contribution in [2.24, 2.45) is 0 Å². The maximum absolute atomic E-state index is 11.0. The summed E-state index contributed by atoms with van der Waals surface area (Å²) in [5, 5.41) is 1.68. The van der Waals surface area contributed by atoms with Crippen LogP contribution in [0.1, 0.15) is 13.8 Å². The Labute approximate surface area is 132 Å². The topological polar surface area (TPSA) is 52.6 Å². The Balaban J connectivity index is 2.58. The third-order valence-electron chi connectivity index (χ3n) is 2.51. The fraction of sp³-hybridized carbons (Fsp3) is 0.143. The molecule has 0 N–H and O–H groups in total. The Morgan fingerprint density at radius 2 is 1.15 bits per heavy atom. The molecule has 20 heavy (non-hydrogen) atoms. The Morgan fingerprint density at radius 3 is 1.45 bits per heavy atom. The number of ether oxygens (including phenoxy) is 2. The van der Waals surface area contributed by atoms with Crippen molar-refractivity contribution in [2.45, 2.75) is 13.8 Å². The van der Waals surface area contributed by atoms with E-state index in [0.717, 1.165) is 10.8 Å². The first kappa shape index (κ1) is 15.0. The zero-order chi connectivity index (χ0) is 14.9. The van der Waals surface area contributed by atoms with Crippen LogP contribution >= 0.6 is 31.9 Å². The van der Waals surface area contributed by atoms with Crippen molar-refractivity contribution < 1.29 is 19.1 Å². The lowest BCUT2D eigenvalue weighted by atomic mass is 10.1. The highest BCUT2D eigenvalue weighted by atomic mass is 79.9. The lowest BCUT2D eigenvalue weighted by Gasteiger charge is -2.11. The molecule has 0 heterocycles. The molecule has 0 saturated heterocycles. The van der Waals surface area contributed by atoms with Crippen LogP contribution in [-0.2, 0) is 9.59 Å². The van der Waals surface area contributed by atoms with Crippen LogP contribution in [0.25, 0.3) is 10.8 Å². The van der Waals surface area contributed by atoms with Gasteiger partial charge in [0.25, 0.3) is 0 Å². The Morgan fingerprint density at radius 1 is 0.800 bits per heavy atom. The maximum Gasteiger partial charge on any atom is 0.308 e. The fourth-order valence-corrected chi connectivity index (χ4v) is 2.88. The van der Waals surface area contributed by atoms with Gasteiger partial charge in [-0.25, -0.2) is 0 Å². The minimum absolute atomic E-state index is 0.388. The van der Waals surface area contributed by atoms with Crippen LogP contribution in [-0.4, -0.2) is 11.9 Å². The van der Waals surface area contributed by atoms with Gasteiger partial charge in [-0.05, 0) is 56.1 Å². The predicted molar refractivity (Wildman–Crippen MR) is 82.0 cm³/mol. The summed E-state index contributed by atoms with van der Waals surface area (Å²) in [6.07, 6.45) is 0. The summed E-state index contributed by atoms with van der Waals surface area (Å²) in [5.41, 5.74) is 0. The van der Waals surface area contributed by atoms with E-state index >= 15 is 0 Å². The highest BCUT2D eigenvalue weighted by molar-refractivity contribution is 9.11. The molecule has 0 saturated carbocycles. The first-order chi connectivity index (χ1) is 9.40. The second-order valence-corrected chi connectivity index (χ2v) is 5.62. The minimum Gasteiger partial charge on any atom is -0.425 e. The van der Waals surface area contributed by atoms with Gasteiger partial charge < -0.3 is 9.47 Å². The molecule has 0 atom stereocenters. The molecule has 2 aromatic rings. The Kier molecular flexibility index (Phi) is 4.45. The van der Waals surface area contributed by atoms with Crippen molar-refractivity contribution in [3.05, 3.63) is 33.2 Å². The summed E-state index contributed by atoms with van der Waals surface area (Å²) in [6.45, 7) is 2.69. The van der Waals surface area contributed by atoms with E-state index in [-0.39, 0.29) is 11.9 Å². The number of fused-ring (bicyclic) bond motifs is 1. The molecular weight excluding hydrogens is 392 g/mol.